The Morgan fingerprint density at radius 3 is 2.50 bits per heavy atom. The van der Waals surface area contributed by atoms with Crippen molar-refractivity contribution in [1.29, 1.82) is 5.26 Å². The molecule has 1 aliphatic heterocycles. The first-order valence-corrected chi connectivity index (χ1v) is 6.81. The number of amides is 2. The summed E-state index contributed by atoms with van der Waals surface area (Å²) in [5, 5.41) is 9.74. The van der Waals surface area contributed by atoms with E-state index >= 15 is 0 Å². The van der Waals surface area contributed by atoms with E-state index in [4.69, 9.17) is 11.6 Å². The number of nitriles is 1. The highest BCUT2D eigenvalue weighted by Crippen LogP contribution is 2.24. The van der Waals surface area contributed by atoms with Gasteiger partial charge in [0.1, 0.15) is 6.07 Å². The molecular formula is C14H17ClN4O. The summed E-state index contributed by atoms with van der Waals surface area (Å²) in [6.07, 6.45) is 0. The molecule has 2 rings (SSSR count). The first-order chi connectivity index (χ1) is 9.52. The average molecular weight is 293 g/mol. The van der Waals surface area contributed by atoms with Gasteiger partial charge in [0.25, 0.3) is 0 Å². The van der Waals surface area contributed by atoms with Crippen LogP contribution in [0.15, 0.2) is 18.2 Å². The lowest BCUT2D eigenvalue weighted by Gasteiger charge is -2.37. The molecule has 1 heterocycles. The average Bonchev–Trinajstić information content (AvgIpc) is 2.46. The van der Waals surface area contributed by atoms with E-state index in [1.54, 1.807) is 31.1 Å². The van der Waals surface area contributed by atoms with Gasteiger partial charge in [-0.2, -0.15) is 5.26 Å². The van der Waals surface area contributed by atoms with Crippen molar-refractivity contribution < 1.29 is 4.79 Å². The maximum atomic E-state index is 11.9. The zero-order chi connectivity index (χ0) is 14.7. The summed E-state index contributed by atoms with van der Waals surface area (Å²) < 4.78 is 0. The molecule has 6 heteroatoms. The van der Waals surface area contributed by atoms with E-state index in [1.807, 2.05) is 11.0 Å². The third-order valence-electron chi connectivity index (χ3n) is 3.35. The Morgan fingerprint density at radius 2 is 1.95 bits per heavy atom. The molecule has 0 aromatic heterocycles. The van der Waals surface area contributed by atoms with Crippen LogP contribution < -0.4 is 4.90 Å². The third kappa shape index (κ3) is 2.97. The molecule has 0 radical (unpaired) electrons. The highest BCUT2D eigenvalue weighted by molar-refractivity contribution is 6.30. The molecule has 0 N–H and O–H groups in total. The highest BCUT2D eigenvalue weighted by atomic mass is 35.5. The Labute approximate surface area is 123 Å². The second-order valence-corrected chi connectivity index (χ2v) is 5.36. The second-order valence-electron chi connectivity index (χ2n) is 4.92. The molecule has 1 aromatic carbocycles. The Morgan fingerprint density at radius 1 is 1.30 bits per heavy atom. The van der Waals surface area contributed by atoms with Crippen LogP contribution in [0.4, 0.5) is 10.5 Å². The first-order valence-electron chi connectivity index (χ1n) is 6.43. The predicted octanol–water partition coefficient (Wildman–Crippen LogP) is 2.02. The zero-order valence-electron chi connectivity index (χ0n) is 11.6. The monoisotopic (exact) mass is 292 g/mol. The molecule has 0 bridgehead atoms. The highest BCUT2D eigenvalue weighted by Gasteiger charge is 2.23. The normalized spacial score (nSPS) is 14.9. The van der Waals surface area contributed by atoms with Crippen molar-refractivity contribution in [2.24, 2.45) is 0 Å². The minimum absolute atomic E-state index is 0.0289. The van der Waals surface area contributed by atoms with Crippen LogP contribution in [0.5, 0.6) is 0 Å². The number of carbonyl (C=O) groups is 1. The molecule has 2 amide bonds. The summed E-state index contributed by atoms with van der Waals surface area (Å²) in [6, 6.07) is 7.53. The second kappa shape index (κ2) is 6.02. The van der Waals surface area contributed by atoms with Crippen LogP contribution in [-0.2, 0) is 0 Å². The Balaban J connectivity index is 2.08. The molecule has 1 aromatic rings. The van der Waals surface area contributed by atoms with Gasteiger partial charge in [0, 0.05) is 45.3 Å². The van der Waals surface area contributed by atoms with Crippen molar-refractivity contribution in [3.63, 3.8) is 0 Å². The van der Waals surface area contributed by atoms with Gasteiger partial charge in [-0.3, -0.25) is 0 Å². The minimum Gasteiger partial charge on any atom is -0.367 e. The Hall–Kier alpha value is -1.93. The van der Waals surface area contributed by atoms with E-state index in [0.717, 1.165) is 18.8 Å². The van der Waals surface area contributed by atoms with Crippen molar-refractivity contribution in [2.75, 3.05) is 45.2 Å². The standard InChI is InChI=1S/C14H17ClN4O/c1-17(2)14(20)19-7-5-18(6-8-19)13-4-3-12(15)9-11(13)10-16/h3-4,9H,5-8H2,1-2H3. The number of carbonyl (C=O) groups excluding carboxylic acids is 1. The number of benzene rings is 1. The largest absolute Gasteiger partial charge is 0.367 e. The summed E-state index contributed by atoms with van der Waals surface area (Å²) in [5.74, 6) is 0. The Kier molecular flexibility index (Phi) is 4.35. The topological polar surface area (TPSA) is 50.6 Å². The molecule has 0 spiro atoms. The summed E-state index contributed by atoms with van der Waals surface area (Å²) in [7, 11) is 3.50. The minimum atomic E-state index is 0.0289. The molecule has 0 saturated carbocycles. The number of hydrogen-bond acceptors (Lipinski definition) is 3. The number of anilines is 1. The fourth-order valence-corrected chi connectivity index (χ4v) is 2.47. The van der Waals surface area contributed by atoms with E-state index < -0.39 is 0 Å². The number of hydrogen-bond donors (Lipinski definition) is 0. The Bertz CT molecular complexity index is 545. The number of halogens is 1. The van der Waals surface area contributed by atoms with E-state index in [0.29, 0.717) is 23.7 Å². The molecule has 106 valence electrons. The number of nitrogens with zero attached hydrogens (tertiary/aromatic N) is 4. The summed E-state index contributed by atoms with van der Waals surface area (Å²) >= 11 is 5.91. The number of rotatable bonds is 1. The van der Waals surface area contributed by atoms with Crippen LogP contribution >= 0.6 is 11.6 Å². The van der Waals surface area contributed by atoms with Crippen LogP contribution in [0, 0.1) is 11.3 Å². The van der Waals surface area contributed by atoms with Crippen molar-refractivity contribution in [1.82, 2.24) is 9.80 Å². The predicted molar refractivity (Wildman–Crippen MR) is 79.0 cm³/mol. The number of urea groups is 1. The third-order valence-corrected chi connectivity index (χ3v) is 3.59. The lowest BCUT2D eigenvalue weighted by atomic mass is 10.1. The van der Waals surface area contributed by atoms with Crippen LogP contribution in [0.2, 0.25) is 5.02 Å². The van der Waals surface area contributed by atoms with Gasteiger partial charge in [0.05, 0.1) is 11.3 Å². The summed E-state index contributed by atoms with van der Waals surface area (Å²) in [5.41, 5.74) is 1.46. The first kappa shape index (κ1) is 14.5. The van der Waals surface area contributed by atoms with Gasteiger partial charge < -0.3 is 14.7 Å². The smallest absolute Gasteiger partial charge is 0.319 e. The molecule has 0 aliphatic carbocycles. The summed E-state index contributed by atoms with van der Waals surface area (Å²) in [6.45, 7) is 2.75. The zero-order valence-corrected chi connectivity index (χ0v) is 12.4. The van der Waals surface area contributed by atoms with Gasteiger partial charge in [0.15, 0.2) is 0 Å². The molecule has 1 aliphatic rings. The lowest BCUT2D eigenvalue weighted by Crippen LogP contribution is -2.51. The molecule has 0 atom stereocenters. The van der Waals surface area contributed by atoms with Crippen LogP contribution in [0.25, 0.3) is 0 Å². The fraction of sp³-hybridized carbons (Fsp3) is 0.429. The van der Waals surface area contributed by atoms with Crippen LogP contribution in [0.1, 0.15) is 5.56 Å². The lowest BCUT2D eigenvalue weighted by molar-refractivity contribution is 0.168. The van der Waals surface area contributed by atoms with Crippen molar-refractivity contribution >= 4 is 23.3 Å². The van der Waals surface area contributed by atoms with E-state index in [-0.39, 0.29) is 6.03 Å². The SMILES string of the molecule is CN(C)C(=O)N1CCN(c2ccc(Cl)cc2C#N)CC1. The maximum absolute atomic E-state index is 11.9. The van der Waals surface area contributed by atoms with Gasteiger partial charge in [-0.1, -0.05) is 11.6 Å². The molecule has 1 saturated heterocycles. The van der Waals surface area contributed by atoms with Crippen LogP contribution in [0.3, 0.4) is 0 Å². The number of piperazine rings is 1. The van der Waals surface area contributed by atoms with Gasteiger partial charge in [-0.05, 0) is 18.2 Å². The van der Waals surface area contributed by atoms with Crippen molar-refractivity contribution in [3.05, 3.63) is 28.8 Å². The molecular weight excluding hydrogens is 276 g/mol. The van der Waals surface area contributed by atoms with Gasteiger partial charge in [-0.25, -0.2) is 4.79 Å². The maximum Gasteiger partial charge on any atom is 0.319 e. The van der Waals surface area contributed by atoms with Crippen molar-refractivity contribution in [3.8, 4) is 6.07 Å². The summed E-state index contributed by atoms with van der Waals surface area (Å²) in [4.78, 5) is 17.4. The molecule has 5 nitrogen and oxygen atoms in total. The van der Waals surface area contributed by atoms with Gasteiger partial charge in [-0.15, -0.1) is 0 Å². The molecule has 0 unspecified atom stereocenters. The fourth-order valence-electron chi connectivity index (χ4n) is 2.30. The van der Waals surface area contributed by atoms with E-state index in [1.165, 1.54) is 0 Å². The van der Waals surface area contributed by atoms with Gasteiger partial charge in [0.2, 0.25) is 0 Å². The molecule has 20 heavy (non-hydrogen) atoms. The van der Waals surface area contributed by atoms with Crippen LogP contribution in [-0.4, -0.2) is 56.1 Å². The molecule has 1 fully saturated rings. The van der Waals surface area contributed by atoms with E-state index in [9.17, 15) is 10.1 Å². The van der Waals surface area contributed by atoms with E-state index in [2.05, 4.69) is 11.0 Å². The van der Waals surface area contributed by atoms with Gasteiger partial charge >= 0.3 is 6.03 Å². The quantitative estimate of drug-likeness (QED) is 0.796. The van der Waals surface area contributed by atoms with Crippen molar-refractivity contribution in [2.45, 2.75) is 0 Å².